The highest BCUT2D eigenvalue weighted by molar-refractivity contribution is 5.00. The largest absolute Gasteiger partial charge is 0.411 e. The summed E-state index contributed by atoms with van der Waals surface area (Å²) in [4.78, 5) is 0. The number of hydrogen-bond donors (Lipinski definition) is 1. The summed E-state index contributed by atoms with van der Waals surface area (Å²) in [6, 6.07) is 0. The van der Waals surface area contributed by atoms with Crippen LogP contribution >= 0.6 is 0 Å². The van der Waals surface area contributed by atoms with E-state index in [1.807, 2.05) is 7.05 Å². The molecule has 0 spiro atoms. The number of alkyl halides is 3. The second-order valence-corrected chi connectivity index (χ2v) is 5.69. The lowest BCUT2D eigenvalue weighted by molar-refractivity contribution is -0.176. The van der Waals surface area contributed by atoms with Crippen molar-refractivity contribution in [2.75, 3.05) is 33.4 Å². The van der Waals surface area contributed by atoms with E-state index in [9.17, 15) is 13.2 Å². The van der Waals surface area contributed by atoms with Crippen molar-refractivity contribution in [3.63, 3.8) is 0 Å². The molecule has 1 heterocycles. The third-order valence-corrected chi connectivity index (χ3v) is 4.09. The zero-order valence-electron chi connectivity index (χ0n) is 11.3. The smallest absolute Gasteiger partial charge is 0.377 e. The molecular weight excluding hydrogens is 259 g/mol. The SMILES string of the molecule is CNCC1(CCOCC(F)(F)F)CCOC1C1CC1. The van der Waals surface area contributed by atoms with Crippen LogP contribution in [0.15, 0.2) is 0 Å². The number of halogens is 3. The third-order valence-electron chi connectivity index (χ3n) is 4.09. The van der Waals surface area contributed by atoms with Gasteiger partial charge in [-0.2, -0.15) is 13.2 Å². The standard InChI is InChI=1S/C13H22F3NO2/c1-17-8-12(4-6-18-9-13(14,15)16)5-7-19-11(12)10-2-3-10/h10-11,17H,2-9H2,1H3. The molecule has 112 valence electrons. The minimum absolute atomic E-state index is 0.0541. The Morgan fingerprint density at radius 1 is 1.37 bits per heavy atom. The van der Waals surface area contributed by atoms with Gasteiger partial charge in [0.15, 0.2) is 0 Å². The Hall–Kier alpha value is -0.330. The van der Waals surface area contributed by atoms with Crippen molar-refractivity contribution in [2.45, 2.75) is 38.0 Å². The third kappa shape index (κ3) is 4.07. The van der Waals surface area contributed by atoms with Gasteiger partial charge in [-0.3, -0.25) is 0 Å². The fraction of sp³-hybridized carbons (Fsp3) is 1.00. The Balaban J connectivity index is 1.84. The maximum Gasteiger partial charge on any atom is 0.411 e. The molecule has 2 fully saturated rings. The van der Waals surface area contributed by atoms with Crippen LogP contribution in [0.25, 0.3) is 0 Å². The van der Waals surface area contributed by atoms with E-state index in [4.69, 9.17) is 9.47 Å². The van der Waals surface area contributed by atoms with Crippen LogP contribution < -0.4 is 5.32 Å². The van der Waals surface area contributed by atoms with E-state index < -0.39 is 12.8 Å². The first-order valence-electron chi connectivity index (χ1n) is 6.87. The molecule has 0 amide bonds. The van der Waals surface area contributed by atoms with Crippen LogP contribution in [0.3, 0.4) is 0 Å². The van der Waals surface area contributed by atoms with Gasteiger partial charge in [0.05, 0.1) is 6.10 Å². The molecule has 1 aliphatic carbocycles. The Morgan fingerprint density at radius 2 is 2.11 bits per heavy atom. The van der Waals surface area contributed by atoms with Gasteiger partial charge in [-0.25, -0.2) is 0 Å². The molecule has 0 aromatic carbocycles. The summed E-state index contributed by atoms with van der Waals surface area (Å²) >= 11 is 0. The van der Waals surface area contributed by atoms with Crippen molar-refractivity contribution >= 4 is 0 Å². The van der Waals surface area contributed by atoms with Gasteiger partial charge in [0.25, 0.3) is 0 Å². The van der Waals surface area contributed by atoms with Crippen molar-refractivity contribution in [1.82, 2.24) is 5.32 Å². The lowest BCUT2D eigenvalue weighted by Gasteiger charge is -2.34. The Kier molecular flexibility index (Phi) is 4.74. The van der Waals surface area contributed by atoms with Gasteiger partial charge in [-0.1, -0.05) is 0 Å². The number of rotatable bonds is 7. The van der Waals surface area contributed by atoms with E-state index in [2.05, 4.69) is 5.32 Å². The van der Waals surface area contributed by atoms with Crippen LogP contribution in [0.5, 0.6) is 0 Å². The molecule has 1 aliphatic heterocycles. The van der Waals surface area contributed by atoms with Crippen LogP contribution in [0.4, 0.5) is 13.2 Å². The maximum absolute atomic E-state index is 12.1. The lowest BCUT2D eigenvalue weighted by Crippen LogP contribution is -2.42. The fourth-order valence-corrected chi connectivity index (χ4v) is 3.10. The molecule has 2 aliphatic rings. The summed E-state index contributed by atoms with van der Waals surface area (Å²) in [6.45, 7) is 0.483. The summed E-state index contributed by atoms with van der Waals surface area (Å²) in [5.41, 5.74) is -0.0541. The molecule has 3 nitrogen and oxygen atoms in total. The van der Waals surface area contributed by atoms with Crippen molar-refractivity contribution < 1.29 is 22.6 Å². The van der Waals surface area contributed by atoms with Gasteiger partial charge >= 0.3 is 6.18 Å². The summed E-state index contributed by atoms with van der Waals surface area (Å²) in [5.74, 6) is 0.596. The highest BCUT2D eigenvalue weighted by Gasteiger charge is 2.50. The molecule has 1 N–H and O–H groups in total. The Bertz CT molecular complexity index is 294. The topological polar surface area (TPSA) is 30.5 Å². The molecule has 2 atom stereocenters. The number of hydrogen-bond acceptors (Lipinski definition) is 3. The minimum Gasteiger partial charge on any atom is -0.377 e. The molecule has 0 aromatic rings. The average molecular weight is 281 g/mol. The van der Waals surface area contributed by atoms with Crippen LogP contribution in [0.2, 0.25) is 0 Å². The van der Waals surface area contributed by atoms with E-state index in [-0.39, 0.29) is 18.1 Å². The van der Waals surface area contributed by atoms with E-state index in [1.54, 1.807) is 0 Å². The second-order valence-electron chi connectivity index (χ2n) is 5.69. The van der Waals surface area contributed by atoms with Gasteiger partial charge in [0.1, 0.15) is 6.61 Å². The summed E-state index contributed by atoms with van der Waals surface area (Å²) < 4.78 is 46.8. The average Bonchev–Trinajstić information content (AvgIpc) is 3.07. The second kappa shape index (κ2) is 5.97. The Morgan fingerprint density at radius 3 is 2.68 bits per heavy atom. The normalized spacial score (nSPS) is 31.9. The molecule has 0 radical (unpaired) electrons. The first kappa shape index (κ1) is 15.1. The van der Waals surface area contributed by atoms with Gasteiger partial charge in [0, 0.05) is 25.2 Å². The molecule has 6 heteroatoms. The van der Waals surface area contributed by atoms with E-state index >= 15 is 0 Å². The zero-order chi connectivity index (χ0) is 13.9. The van der Waals surface area contributed by atoms with E-state index in [0.29, 0.717) is 18.9 Å². The molecule has 1 saturated heterocycles. The van der Waals surface area contributed by atoms with Crippen molar-refractivity contribution in [3.05, 3.63) is 0 Å². The quantitative estimate of drug-likeness (QED) is 0.727. The first-order valence-corrected chi connectivity index (χ1v) is 6.87. The molecule has 1 saturated carbocycles. The molecule has 19 heavy (non-hydrogen) atoms. The number of ether oxygens (including phenoxy) is 2. The van der Waals surface area contributed by atoms with Crippen molar-refractivity contribution in [3.8, 4) is 0 Å². The summed E-state index contributed by atoms with van der Waals surface area (Å²) in [5, 5.41) is 3.16. The van der Waals surface area contributed by atoms with Crippen LogP contribution in [-0.4, -0.2) is 45.7 Å². The van der Waals surface area contributed by atoms with Crippen molar-refractivity contribution in [1.29, 1.82) is 0 Å². The van der Waals surface area contributed by atoms with Gasteiger partial charge in [0.2, 0.25) is 0 Å². The van der Waals surface area contributed by atoms with Gasteiger partial charge in [-0.05, 0) is 38.6 Å². The molecule has 0 bridgehead atoms. The van der Waals surface area contributed by atoms with Crippen LogP contribution in [0.1, 0.15) is 25.7 Å². The first-order chi connectivity index (χ1) is 8.97. The fourth-order valence-electron chi connectivity index (χ4n) is 3.10. The summed E-state index contributed by atoms with van der Waals surface area (Å²) in [6.07, 6.45) is -0.151. The summed E-state index contributed by atoms with van der Waals surface area (Å²) in [7, 11) is 1.88. The minimum atomic E-state index is -4.24. The maximum atomic E-state index is 12.1. The monoisotopic (exact) mass is 281 g/mol. The van der Waals surface area contributed by atoms with Crippen LogP contribution in [-0.2, 0) is 9.47 Å². The van der Waals surface area contributed by atoms with Crippen molar-refractivity contribution in [2.24, 2.45) is 11.3 Å². The zero-order valence-corrected chi connectivity index (χ0v) is 11.3. The highest BCUT2D eigenvalue weighted by atomic mass is 19.4. The van der Waals surface area contributed by atoms with Crippen LogP contribution in [0, 0.1) is 11.3 Å². The highest BCUT2D eigenvalue weighted by Crippen LogP contribution is 2.49. The van der Waals surface area contributed by atoms with E-state index in [1.165, 1.54) is 12.8 Å². The lowest BCUT2D eigenvalue weighted by atomic mass is 9.76. The van der Waals surface area contributed by atoms with Gasteiger partial charge in [-0.15, -0.1) is 0 Å². The predicted octanol–water partition coefficient (Wildman–Crippen LogP) is 2.36. The molecular formula is C13H22F3NO2. The molecule has 2 rings (SSSR count). The van der Waals surface area contributed by atoms with Gasteiger partial charge < -0.3 is 14.8 Å². The molecule has 2 unspecified atom stereocenters. The molecule has 0 aromatic heterocycles. The van der Waals surface area contributed by atoms with E-state index in [0.717, 1.165) is 13.0 Å². The number of nitrogens with one attached hydrogen (secondary N) is 1. The Labute approximate surface area is 111 Å². The predicted molar refractivity (Wildman–Crippen MR) is 64.9 cm³/mol.